The molecular weight excluding hydrogens is 296 g/mol. The molecule has 0 aromatic heterocycles. The summed E-state index contributed by atoms with van der Waals surface area (Å²) >= 11 is 4.75. The van der Waals surface area contributed by atoms with Gasteiger partial charge in [-0.1, -0.05) is 48.5 Å². The molecule has 0 saturated heterocycles. The van der Waals surface area contributed by atoms with E-state index < -0.39 is 0 Å². The van der Waals surface area contributed by atoms with Crippen molar-refractivity contribution in [2.45, 2.75) is 0 Å². The number of rotatable bonds is 5. The highest BCUT2D eigenvalue weighted by atomic mass is 32.1. The fourth-order valence-electron chi connectivity index (χ4n) is 1.81. The van der Waals surface area contributed by atoms with Gasteiger partial charge >= 0.3 is 0 Å². The molecule has 0 aliphatic heterocycles. The lowest BCUT2D eigenvalue weighted by atomic mass is 10.1. The van der Waals surface area contributed by atoms with Gasteiger partial charge in [0.2, 0.25) is 0 Å². The van der Waals surface area contributed by atoms with E-state index in [0.717, 1.165) is 5.56 Å². The summed E-state index contributed by atoms with van der Waals surface area (Å²) in [5, 5.41) is 7.04. The van der Waals surface area contributed by atoms with Crippen LogP contribution in [0.5, 0.6) is 0 Å². The van der Waals surface area contributed by atoms with Crippen LogP contribution < -0.4 is 16.5 Å². The van der Waals surface area contributed by atoms with Gasteiger partial charge < -0.3 is 11.1 Å². The molecular formula is C16H16N4OS. The molecule has 112 valence electrons. The second-order valence-corrected chi connectivity index (χ2v) is 4.89. The summed E-state index contributed by atoms with van der Waals surface area (Å²) in [6, 6.07) is 18.5. The Kier molecular flexibility index (Phi) is 5.62. The topological polar surface area (TPSA) is 79.5 Å². The van der Waals surface area contributed by atoms with Crippen molar-refractivity contribution in [2.24, 2.45) is 10.8 Å². The molecule has 0 fully saturated rings. The number of carbonyl (C=O) groups excluding carboxylic acids is 1. The largest absolute Gasteiger partial charge is 0.375 e. The first-order valence-electron chi connectivity index (χ1n) is 6.67. The van der Waals surface area contributed by atoms with Crippen LogP contribution >= 0.6 is 12.2 Å². The van der Waals surface area contributed by atoms with Gasteiger partial charge in [-0.15, -0.1) is 0 Å². The zero-order chi connectivity index (χ0) is 15.8. The summed E-state index contributed by atoms with van der Waals surface area (Å²) < 4.78 is 0. The maximum atomic E-state index is 12.1. The maximum Gasteiger partial charge on any atom is 0.251 e. The van der Waals surface area contributed by atoms with Crippen molar-refractivity contribution in [3.05, 3.63) is 71.8 Å². The number of thiocarbonyl (C=S) groups is 1. The molecule has 0 saturated carbocycles. The van der Waals surface area contributed by atoms with Gasteiger partial charge in [0.15, 0.2) is 5.11 Å². The van der Waals surface area contributed by atoms with Crippen molar-refractivity contribution in [2.75, 3.05) is 6.54 Å². The summed E-state index contributed by atoms with van der Waals surface area (Å²) in [5.74, 6) is -0.167. The minimum absolute atomic E-state index is 0.0721. The number of hydrazone groups is 1. The monoisotopic (exact) mass is 312 g/mol. The van der Waals surface area contributed by atoms with Crippen LogP contribution in [0, 0.1) is 0 Å². The number of hydrogen-bond donors (Lipinski definition) is 3. The quantitative estimate of drug-likeness (QED) is 0.446. The van der Waals surface area contributed by atoms with Crippen LogP contribution in [0.2, 0.25) is 0 Å². The van der Waals surface area contributed by atoms with Gasteiger partial charge in [-0.3, -0.25) is 10.2 Å². The molecule has 0 heterocycles. The lowest BCUT2D eigenvalue weighted by Crippen LogP contribution is -2.33. The van der Waals surface area contributed by atoms with E-state index >= 15 is 0 Å². The zero-order valence-corrected chi connectivity index (χ0v) is 12.6. The number of nitrogens with zero attached hydrogens (tertiary/aromatic N) is 1. The van der Waals surface area contributed by atoms with E-state index in [1.54, 1.807) is 12.1 Å². The average Bonchev–Trinajstić information content (AvgIpc) is 2.56. The number of nitrogens with two attached hydrogens (primary N) is 1. The molecule has 0 bridgehead atoms. The SMILES string of the molecule is NC(=S)NN=C(CNC(=O)c1ccccc1)c1ccccc1. The van der Waals surface area contributed by atoms with Crippen LogP contribution in [0.15, 0.2) is 65.8 Å². The van der Waals surface area contributed by atoms with Gasteiger partial charge in [-0.2, -0.15) is 5.10 Å². The van der Waals surface area contributed by atoms with Crippen molar-refractivity contribution in [1.29, 1.82) is 0 Å². The Morgan fingerprint density at radius 3 is 2.09 bits per heavy atom. The molecule has 6 heteroatoms. The second kappa shape index (κ2) is 7.90. The standard InChI is InChI=1S/C16H16N4OS/c17-16(22)20-19-14(12-7-3-1-4-8-12)11-18-15(21)13-9-5-2-6-10-13/h1-10H,11H2,(H,18,21)(H3,17,20,22). The Balaban J connectivity index is 2.09. The van der Waals surface area contributed by atoms with Gasteiger partial charge in [-0.05, 0) is 29.9 Å². The number of amides is 1. The highest BCUT2D eigenvalue weighted by molar-refractivity contribution is 7.80. The van der Waals surface area contributed by atoms with Crippen molar-refractivity contribution in [1.82, 2.24) is 10.7 Å². The van der Waals surface area contributed by atoms with Crippen molar-refractivity contribution in [3.8, 4) is 0 Å². The molecule has 2 aromatic rings. The maximum absolute atomic E-state index is 12.1. The van der Waals surface area contributed by atoms with E-state index in [9.17, 15) is 4.79 Å². The summed E-state index contributed by atoms with van der Waals surface area (Å²) in [5.41, 5.74) is 10.1. The van der Waals surface area contributed by atoms with E-state index in [4.69, 9.17) is 18.0 Å². The molecule has 2 aromatic carbocycles. The third kappa shape index (κ3) is 4.68. The van der Waals surface area contributed by atoms with Crippen LogP contribution in [-0.4, -0.2) is 23.3 Å². The van der Waals surface area contributed by atoms with Crippen LogP contribution in [0.25, 0.3) is 0 Å². The number of carbonyl (C=O) groups is 1. The number of benzene rings is 2. The first-order valence-corrected chi connectivity index (χ1v) is 7.08. The van der Waals surface area contributed by atoms with Gasteiger partial charge in [0.25, 0.3) is 5.91 Å². The van der Waals surface area contributed by atoms with E-state index in [-0.39, 0.29) is 17.6 Å². The predicted molar refractivity (Wildman–Crippen MR) is 91.7 cm³/mol. The molecule has 22 heavy (non-hydrogen) atoms. The Hall–Kier alpha value is -2.73. The lowest BCUT2D eigenvalue weighted by Gasteiger charge is -2.09. The smallest absolute Gasteiger partial charge is 0.251 e. The fourth-order valence-corrected chi connectivity index (χ4v) is 1.86. The molecule has 0 aliphatic rings. The molecule has 0 radical (unpaired) electrons. The van der Waals surface area contributed by atoms with Crippen LogP contribution in [0.3, 0.4) is 0 Å². The third-order valence-electron chi connectivity index (χ3n) is 2.86. The average molecular weight is 312 g/mol. The highest BCUT2D eigenvalue weighted by Crippen LogP contribution is 2.02. The van der Waals surface area contributed by atoms with Gasteiger partial charge in [0.1, 0.15) is 0 Å². The Labute approximate surface area is 134 Å². The Bertz CT molecular complexity index is 671. The molecule has 4 N–H and O–H groups in total. The van der Waals surface area contributed by atoms with Crippen molar-refractivity contribution < 1.29 is 4.79 Å². The minimum Gasteiger partial charge on any atom is -0.375 e. The molecule has 0 unspecified atom stereocenters. The zero-order valence-electron chi connectivity index (χ0n) is 11.8. The summed E-state index contributed by atoms with van der Waals surface area (Å²) in [7, 11) is 0. The first-order chi connectivity index (χ1) is 10.7. The number of hydrogen-bond acceptors (Lipinski definition) is 3. The van der Waals surface area contributed by atoms with E-state index in [1.165, 1.54) is 0 Å². The second-order valence-electron chi connectivity index (χ2n) is 4.45. The Morgan fingerprint density at radius 1 is 1.00 bits per heavy atom. The van der Waals surface area contributed by atoms with E-state index in [0.29, 0.717) is 11.3 Å². The molecule has 1 amide bonds. The molecule has 0 atom stereocenters. The molecule has 0 aliphatic carbocycles. The first kappa shape index (κ1) is 15.7. The van der Waals surface area contributed by atoms with Gasteiger partial charge in [0.05, 0.1) is 12.3 Å². The third-order valence-corrected chi connectivity index (χ3v) is 2.95. The summed E-state index contributed by atoms with van der Waals surface area (Å²) in [4.78, 5) is 12.1. The predicted octanol–water partition coefficient (Wildman–Crippen LogP) is 1.65. The van der Waals surface area contributed by atoms with Crippen LogP contribution in [0.4, 0.5) is 0 Å². The summed E-state index contributed by atoms with van der Waals surface area (Å²) in [6.45, 7) is 0.257. The fraction of sp³-hybridized carbons (Fsp3) is 0.0625. The minimum atomic E-state index is -0.167. The molecule has 2 rings (SSSR count). The van der Waals surface area contributed by atoms with Crippen LogP contribution in [0.1, 0.15) is 15.9 Å². The highest BCUT2D eigenvalue weighted by Gasteiger charge is 2.08. The Morgan fingerprint density at radius 2 is 1.55 bits per heavy atom. The molecule has 5 nitrogen and oxygen atoms in total. The summed E-state index contributed by atoms with van der Waals surface area (Å²) in [6.07, 6.45) is 0. The normalized spacial score (nSPS) is 10.8. The van der Waals surface area contributed by atoms with E-state index in [1.807, 2.05) is 48.5 Å². The molecule has 0 spiro atoms. The number of nitrogens with one attached hydrogen (secondary N) is 2. The van der Waals surface area contributed by atoms with Crippen molar-refractivity contribution >= 4 is 28.9 Å². The van der Waals surface area contributed by atoms with Crippen LogP contribution in [-0.2, 0) is 0 Å². The van der Waals surface area contributed by atoms with Crippen molar-refractivity contribution in [3.63, 3.8) is 0 Å². The van der Waals surface area contributed by atoms with Gasteiger partial charge in [0, 0.05) is 5.56 Å². The van der Waals surface area contributed by atoms with E-state index in [2.05, 4.69) is 15.8 Å². The lowest BCUT2D eigenvalue weighted by molar-refractivity contribution is 0.0959. The van der Waals surface area contributed by atoms with Gasteiger partial charge in [-0.25, -0.2) is 0 Å².